The fourth-order valence-electron chi connectivity index (χ4n) is 3.12. The Hall–Kier alpha value is -3.48. The van der Waals surface area contributed by atoms with Gasteiger partial charge in [-0.05, 0) is 32.0 Å². The molecule has 3 aromatic rings. The molecule has 0 bridgehead atoms. The molecule has 144 valence electrons. The van der Waals surface area contributed by atoms with Gasteiger partial charge in [-0.25, -0.2) is 4.98 Å². The van der Waals surface area contributed by atoms with Crippen LogP contribution in [0, 0.1) is 13.8 Å². The molecule has 0 aliphatic carbocycles. The summed E-state index contributed by atoms with van der Waals surface area (Å²) in [5.41, 5.74) is 2.47. The zero-order valence-electron chi connectivity index (χ0n) is 15.8. The van der Waals surface area contributed by atoms with Crippen LogP contribution in [-0.4, -0.2) is 32.5 Å². The number of Topliss-reactive ketones (excluding diaryl/α,β-unsaturated/α-hetero) is 1. The maximum absolute atomic E-state index is 12.4. The van der Waals surface area contributed by atoms with E-state index in [0.717, 1.165) is 11.4 Å². The Morgan fingerprint density at radius 2 is 2.00 bits per heavy atom. The van der Waals surface area contributed by atoms with E-state index in [1.165, 1.54) is 10.9 Å². The average molecular weight is 379 g/mol. The Labute approximate surface area is 161 Å². The SMILES string of the molecule is C=CCn1c(C)cc(C(=O)COC(=O)Cn2cnc3ccccc3c2=O)c1C. The number of para-hydroxylation sites is 1. The van der Waals surface area contributed by atoms with Crippen LogP contribution in [0.25, 0.3) is 10.9 Å². The van der Waals surface area contributed by atoms with Crippen molar-refractivity contribution in [1.29, 1.82) is 0 Å². The van der Waals surface area contributed by atoms with E-state index in [4.69, 9.17) is 4.74 Å². The van der Waals surface area contributed by atoms with Gasteiger partial charge < -0.3 is 9.30 Å². The van der Waals surface area contributed by atoms with Crippen LogP contribution in [-0.2, 0) is 22.6 Å². The maximum Gasteiger partial charge on any atom is 0.326 e. The standard InChI is InChI=1S/C21H21N3O4/c1-4-9-24-14(2)10-17(15(24)3)19(25)12-28-20(26)11-23-13-22-18-8-6-5-7-16(18)21(23)27/h4-8,10,13H,1,9,11-12H2,2-3H3. The van der Waals surface area contributed by atoms with Crippen molar-refractivity contribution in [2.45, 2.75) is 26.9 Å². The van der Waals surface area contributed by atoms with Crippen molar-refractivity contribution in [3.05, 3.63) is 76.6 Å². The second-order valence-electron chi connectivity index (χ2n) is 6.46. The van der Waals surface area contributed by atoms with Gasteiger partial charge in [-0.2, -0.15) is 0 Å². The second kappa shape index (κ2) is 8.04. The van der Waals surface area contributed by atoms with E-state index in [-0.39, 0.29) is 24.5 Å². The predicted octanol–water partition coefficient (Wildman–Crippen LogP) is 2.43. The summed E-state index contributed by atoms with van der Waals surface area (Å²) in [4.78, 5) is 41.1. The second-order valence-corrected chi connectivity index (χ2v) is 6.46. The molecule has 1 aromatic carbocycles. The molecular formula is C21H21N3O4. The molecule has 0 atom stereocenters. The highest BCUT2D eigenvalue weighted by molar-refractivity contribution is 5.99. The molecule has 0 N–H and O–H groups in total. The first kappa shape index (κ1) is 19.3. The molecule has 0 aliphatic rings. The van der Waals surface area contributed by atoms with E-state index < -0.39 is 5.97 Å². The summed E-state index contributed by atoms with van der Waals surface area (Å²) < 4.78 is 8.22. The lowest BCUT2D eigenvalue weighted by Crippen LogP contribution is -2.26. The summed E-state index contributed by atoms with van der Waals surface area (Å²) in [7, 11) is 0. The van der Waals surface area contributed by atoms with Crippen molar-refractivity contribution in [3.8, 4) is 0 Å². The summed E-state index contributed by atoms with van der Waals surface area (Å²) in [6.45, 7) is 7.36. The number of hydrogen-bond donors (Lipinski definition) is 0. The molecule has 7 heteroatoms. The third kappa shape index (κ3) is 3.78. The average Bonchev–Trinajstić information content (AvgIpc) is 2.97. The van der Waals surface area contributed by atoms with Crippen molar-refractivity contribution in [2.24, 2.45) is 0 Å². The van der Waals surface area contributed by atoms with E-state index in [0.29, 0.717) is 23.0 Å². The number of aromatic nitrogens is 3. The third-order valence-electron chi connectivity index (χ3n) is 4.58. The normalized spacial score (nSPS) is 10.8. The minimum Gasteiger partial charge on any atom is -0.456 e. The number of ether oxygens (including phenoxy) is 1. The molecule has 2 heterocycles. The molecule has 0 fully saturated rings. The Bertz CT molecular complexity index is 1120. The molecule has 0 spiro atoms. The quantitative estimate of drug-likeness (QED) is 0.358. The molecule has 2 aromatic heterocycles. The number of esters is 1. The van der Waals surface area contributed by atoms with E-state index in [2.05, 4.69) is 11.6 Å². The Morgan fingerprint density at radius 1 is 1.25 bits per heavy atom. The van der Waals surface area contributed by atoms with Gasteiger partial charge in [0.05, 0.1) is 17.2 Å². The van der Waals surface area contributed by atoms with Crippen LogP contribution in [0.4, 0.5) is 0 Å². The first-order valence-electron chi connectivity index (χ1n) is 8.83. The van der Waals surface area contributed by atoms with Crippen molar-refractivity contribution < 1.29 is 14.3 Å². The van der Waals surface area contributed by atoms with E-state index in [1.54, 1.807) is 36.4 Å². The van der Waals surface area contributed by atoms with Gasteiger partial charge in [-0.15, -0.1) is 6.58 Å². The maximum atomic E-state index is 12.4. The van der Waals surface area contributed by atoms with Crippen molar-refractivity contribution in [1.82, 2.24) is 14.1 Å². The van der Waals surface area contributed by atoms with Crippen LogP contribution in [0.3, 0.4) is 0 Å². The Balaban J connectivity index is 1.67. The van der Waals surface area contributed by atoms with Crippen LogP contribution < -0.4 is 5.56 Å². The smallest absolute Gasteiger partial charge is 0.326 e. The number of rotatable bonds is 7. The third-order valence-corrected chi connectivity index (χ3v) is 4.58. The van der Waals surface area contributed by atoms with Gasteiger partial charge in [-0.3, -0.25) is 19.0 Å². The summed E-state index contributed by atoms with van der Waals surface area (Å²) >= 11 is 0. The van der Waals surface area contributed by atoms with Crippen LogP contribution in [0.15, 0.2) is 54.1 Å². The van der Waals surface area contributed by atoms with Gasteiger partial charge >= 0.3 is 5.97 Å². The molecule has 0 radical (unpaired) electrons. The monoisotopic (exact) mass is 379 g/mol. The number of benzene rings is 1. The molecule has 7 nitrogen and oxygen atoms in total. The number of ketones is 1. The lowest BCUT2D eigenvalue weighted by molar-refractivity contribution is -0.143. The molecule has 28 heavy (non-hydrogen) atoms. The highest BCUT2D eigenvalue weighted by Gasteiger charge is 2.17. The predicted molar refractivity (Wildman–Crippen MR) is 105 cm³/mol. The van der Waals surface area contributed by atoms with Crippen LogP contribution in [0.2, 0.25) is 0 Å². The number of allylic oxidation sites excluding steroid dienone is 1. The lowest BCUT2D eigenvalue weighted by atomic mass is 10.1. The fraction of sp³-hybridized carbons (Fsp3) is 0.238. The minimum absolute atomic E-state index is 0.291. The summed E-state index contributed by atoms with van der Waals surface area (Å²) in [5, 5.41) is 0.420. The van der Waals surface area contributed by atoms with Gasteiger partial charge in [0.2, 0.25) is 5.78 Å². The van der Waals surface area contributed by atoms with Gasteiger partial charge in [0.25, 0.3) is 5.56 Å². The molecule has 0 aliphatic heterocycles. The number of carbonyl (C=O) groups excluding carboxylic acids is 2. The van der Waals surface area contributed by atoms with Crippen LogP contribution in [0.5, 0.6) is 0 Å². The molecule has 0 saturated heterocycles. The topological polar surface area (TPSA) is 83.2 Å². The number of aryl methyl sites for hydroxylation is 1. The Morgan fingerprint density at radius 3 is 2.75 bits per heavy atom. The zero-order chi connectivity index (χ0) is 20.3. The Kier molecular flexibility index (Phi) is 5.54. The van der Waals surface area contributed by atoms with Crippen LogP contribution in [0.1, 0.15) is 21.7 Å². The summed E-state index contributed by atoms with van der Waals surface area (Å²) in [5.74, 6) is -0.965. The number of hydrogen-bond acceptors (Lipinski definition) is 5. The van der Waals surface area contributed by atoms with E-state index in [1.807, 2.05) is 18.4 Å². The fourth-order valence-corrected chi connectivity index (χ4v) is 3.12. The summed E-state index contributed by atoms with van der Waals surface area (Å²) in [6.07, 6.45) is 3.06. The van der Waals surface area contributed by atoms with Gasteiger partial charge in [0.15, 0.2) is 6.61 Å². The molecular weight excluding hydrogens is 358 g/mol. The van der Waals surface area contributed by atoms with Crippen molar-refractivity contribution >= 4 is 22.7 Å². The molecule has 0 amide bonds. The zero-order valence-corrected chi connectivity index (χ0v) is 15.8. The number of carbonyl (C=O) groups is 2. The van der Waals surface area contributed by atoms with E-state index >= 15 is 0 Å². The number of nitrogens with zero attached hydrogens (tertiary/aromatic N) is 3. The van der Waals surface area contributed by atoms with Crippen LogP contribution >= 0.6 is 0 Å². The lowest BCUT2D eigenvalue weighted by Gasteiger charge is -2.08. The van der Waals surface area contributed by atoms with E-state index in [9.17, 15) is 14.4 Å². The minimum atomic E-state index is -0.674. The van der Waals surface area contributed by atoms with Gasteiger partial charge in [-0.1, -0.05) is 18.2 Å². The van der Waals surface area contributed by atoms with Crippen molar-refractivity contribution in [3.63, 3.8) is 0 Å². The largest absolute Gasteiger partial charge is 0.456 e. The highest BCUT2D eigenvalue weighted by atomic mass is 16.5. The molecule has 3 rings (SSSR count). The molecule has 0 saturated carbocycles. The highest BCUT2D eigenvalue weighted by Crippen LogP contribution is 2.16. The van der Waals surface area contributed by atoms with Crippen molar-refractivity contribution in [2.75, 3.05) is 6.61 Å². The van der Waals surface area contributed by atoms with Gasteiger partial charge in [0, 0.05) is 23.5 Å². The first-order valence-corrected chi connectivity index (χ1v) is 8.83. The summed E-state index contributed by atoms with van der Waals surface area (Å²) in [6, 6.07) is 8.66. The molecule has 0 unspecified atom stereocenters. The first-order chi connectivity index (χ1) is 13.4. The number of fused-ring (bicyclic) bond motifs is 1. The van der Waals surface area contributed by atoms with Gasteiger partial charge in [0.1, 0.15) is 6.54 Å².